The minimum atomic E-state index is -0.308. The van der Waals surface area contributed by atoms with E-state index < -0.39 is 0 Å². The molecule has 1 fully saturated rings. The van der Waals surface area contributed by atoms with E-state index in [0.29, 0.717) is 18.4 Å². The maximum atomic E-state index is 12.5. The molecule has 0 saturated heterocycles. The SMILES string of the molecule is O=C(N[C@@H](c1ccccn1)C1CC(O)C1)c1cc(CO)ccn1. The third-order valence-corrected chi connectivity index (χ3v) is 4.15. The molecule has 2 aromatic heterocycles. The molecule has 0 spiro atoms. The normalized spacial score (nSPS) is 21.3. The van der Waals surface area contributed by atoms with Gasteiger partial charge in [0.1, 0.15) is 5.69 Å². The number of carbonyl (C=O) groups is 1. The van der Waals surface area contributed by atoms with Gasteiger partial charge in [0.15, 0.2) is 0 Å². The number of amides is 1. The van der Waals surface area contributed by atoms with Crippen LogP contribution in [0.25, 0.3) is 0 Å². The number of aliphatic hydroxyl groups is 2. The molecule has 1 aliphatic rings. The van der Waals surface area contributed by atoms with E-state index >= 15 is 0 Å². The quantitative estimate of drug-likeness (QED) is 0.771. The van der Waals surface area contributed by atoms with Crippen LogP contribution >= 0.6 is 0 Å². The summed E-state index contributed by atoms with van der Waals surface area (Å²) in [7, 11) is 0. The van der Waals surface area contributed by atoms with Crippen molar-refractivity contribution in [1.29, 1.82) is 0 Å². The maximum Gasteiger partial charge on any atom is 0.270 e. The Hall–Kier alpha value is -2.31. The summed E-state index contributed by atoms with van der Waals surface area (Å²) >= 11 is 0. The Bertz CT molecular complexity index is 672. The molecule has 120 valence electrons. The average Bonchev–Trinajstić information content (AvgIpc) is 2.58. The van der Waals surface area contributed by atoms with Gasteiger partial charge >= 0.3 is 0 Å². The van der Waals surface area contributed by atoms with E-state index in [1.807, 2.05) is 18.2 Å². The summed E-state index contributed by atoms with van der Waals surface area (Å²) in [5, 5.41) is 21.7. The van der Waals surface area contributed by atoms with Gasteiger partial charge in [-0.2, -0.15) is 0 Å². The number of pyridine rings is 2. The third-order valence-electron chi connectivity index (χ3n) is 4.15. The lowest BCUT2D eigenvalue weighted by molar-refractivity contribution is 0.0227. The molecular weight excluding hydrogens is 294 g/mol. The fraction of sp³-hybridized carbons (Fsp3) is 0.353. The van der Waals surface area contributed by atoms with Crippen LogP contribution in [0.5, 0.6) is 0 Å². The summed E-state index contributed by atoms with van der Waals surface area (Å²) in [4.78, 5) is 20.9. The number of nitrogens with zero attached hydrogens (tertiary/aromatic N) is 2. The molecule has 23 heavy (non-hydrogen) atoms. The highest BCUT2D eigenvalue weighted by atomic mass is 16.3. The molecule has 0 radical (unpaired) electrons. The van der Waals surface area contributed by atoms with Crippen LogP contribution in [0, 0.1) is 5.92 Å². The number of hydrogen-bond donors (Lipinski definition) is 3. The van der Waals surface area contributed by atoms with Gasteiger partial charge in [-0.1, -0.05) is 6.07 Å². The Morgan fingerprint density at radius 2 is 2.09 bits per heavy atom. The molecule has 1 amide bonds. The fourth-order valence-electron chi connectivity index (χ4n) is 2.81. The monoisotopic (exact) mass is 313 g/mol. The number of aliphatic hydroxyl groups excluding tert-OH is 2. The molecular formula is C17H19N3O3. The predicted octanol–water partition coefficient (Wildman–Crippen LogP) is 1.21. The highest BCUT2D eigenvalue weighted by Gasteiger charge is 2.36. The average molecular weight is 313 g/mol. The molecule has 0 aromatic carbocycles. The Balaban J connectivity index is 1.79. The van der Waals surface area contributed by atoms with E-state index in [1.54, 1.807) is 18.3 Å². The predicted molar refractivity (Wildman–Crippen MR) is 83.3 cm³/mol. The summed E-state index contributed by atoms with van der Waals surface area (Å²) in [5.41, 5.74) is 1.67. The molecule has 3 N–H and O–H groups in total. The summed E-state index contributed by atoms with van der Waals surface area (Å²) in [6.45, 7) is -0.138. The molecule has 2 aromatic rings. The lowest BCUT2D eigenvalue weighted by Crippen LogP contribution is -2.42. The van der Waals surface area contributed by atoms with Gasteiger partial charge in [0.05, 0.1) is 24.4 Å². The number of carbonyl (C=O) groups excluding carboxylic acids is 1. The van der Waals surface area contributed by atoms with Crippen LogP contribution < -0.4 is 5.32 Å². The molecule has 1 saturated carbocycles. The highest BCUT2D eigenvalue weighted by molar-refractivity contribution is 5.92. The maximum absolute atomic E-state index is 12.5. The van der Waals surface area contributed by atoms with Crippen molar-refractivity contribution in [2.75, 3.05) is 0 Å². The molecule has 0 aliphatic heterocycles. The van der Waals surface area contributed by atoms with Crippen LogP contribution in [0.4, 0.5) is 0 Å². The Kier molecular flexibility index (Phi) is 4.64. The number of rotatable bonds is 5. The van der Waals surface area contributed by atoms with Crippen LogP contribution in [0.1, 0.15) is 40.6 Å². The van der Waals surface area contributed by atoms with Gasteiger partial charge in [-0.3, -0.25) is 14.8 Å². The molecule has 2 heterocycles. The molecule has 3 rings (SSSR count). The zero-order valence-electron chi connectivity index (χ0n) is 12.6. The van der Waals surface area contributed by atoms with Crippen LogP contribution in [-0.4, -0.2) is 32.2 Å². The van der Waals surface area contributed by atoms with Crippen LogP contribution in [0.2, 0.25) is 0 Å². The zero-order chi connectivity index (χ0) is 16.2. The van der Waals surface area contributed by atoms with Crippen molar-refractivity contribution in [1.82, 2.24) is 15.3 Å². The number of aromatic nitrogens is 2. The van der Waals surface area contributed by atoms with Crippen LogP contribution in [0.3, 0.4) is 0 Å². The van der Waals surface area contributed by atoms with Crippen molar-refractivity contribution < 1.29 is 15.0 Å². The summed E-state index contributed by atoms with van der Waals surface area (Å²) < 4.78 is 0. The van der Waals surface area contributed by atoms with Gasteiger partial charge in [0.25, 0.3) is 5.91 Å². The van der Waals surface area contributed by atoms with Gasteiger partial charge in [0.2, 0.25) is 0 Å². The van der Waals surface area contributed by atoms with Crippen molar-refractivity contribution in [3.63, 3.8) is 0 Å². The second-order valence-corrected chi connectivity index (χ2v) is 5.80. The molecule has 1 atom stereocenters. The topological polar surface area (TPSA) is 95.3 Å². The van der Waals surface area contributed by atoms with E-state index in [4.69, 9.17) is 0 Å². The van der Waals surface area contributed by atoms with Gasteiger partial charge in [0, 0.05) is 12.4 Å². The molecule has 0 unspecified atom stereocenters. The van der Waals surface area contributed by atoms with Crippen molar-refractivity contribution >= 4 is 5.91 Å². The van der Waals surface area contributed by atoms with Crippen molar-refractivity contribution in [3.8, 4) is 0 Å². The van der Waals surface area contributed by atoms with Crippen LogP contribution in [-0.2, 0) is 6.61 Å². The minimum Gasteiger partial charge on any atom is -0.393 e. The van der Waals surface area contributed by atoms with E-state index in [2.05, 4.69) is 15.3 Å². The first kappa shape index (κ1) is 15.6. The summed E-state index contributed by atoms with van der Waals surface area (Å²) in [6.07, 6.45) is 4.17. The Labute approximate surface area is 134 Å². The Morgan fingerprint density at radius 3 is 2.74 bits per heavy atom. The van der Waals surface area contributed by atoms with E-state index in [0.717, 1.165) is 5.69 Å². The summed E-state index contributed by atoms with van der Waals surface area (Å²) in [5.74, 6) is -0.151. The van der Waals surface area contributed by atoms with E-state index in [-0.39, 0.29) is 36.3 Å². The van der Waals surface area contributed by atoms with Crippen molar-refractivity contribution in [2.24, 2.45) is 5.92 Å². The molecule has 1 aliphatic carbocycles. The van der Waals surface area contributed by atoms with Crippen molar-refractivity contribution in [2.45, 2.75) is 31.6 Å². The standard InChI is InChI=1S/C17H19N3O3/c21-10-11-4-6-19-15(7-11)17(23)20-16(12-8-13(22)9-12)14-3-1-2-5-18-14/h1-7,12-13,16,21-22H,8-10H2,(H,20,23)/t12?,13?,16-/m1/s1. The first-order valence-electron chi connectivity index (χ1n) is 7.63. The van der Waals surface area contributed by atoms with Crippen LogP contribution in [0.15, 0.2) is 42.7 Å². The third kappa shape index (κ3) is 3.55. The van der Waals surface area contributed by atoms with Gasteiger partial charge < -0.3 is 15.5 Å². The second-order valence-electron chi connectivity index (χ2n) is 5.80. The number of nitrogens with one attached hydrogen (secondary N) is 1. The highest BCUT2D eigenvalue weighted by Crippen LogP contribution is 2.37. The lowest BCUT2D eigenvalue weighted by atomic mass is 9.76. The van der Waals surface area contributed by atoms with Crippen molar-refractivity contribution in [3.05, 3.63) is 59.7 Å². The Morgan fingerprint density at radius 1 is 1.26 bits per heavy atom. The molecule has 6 heteroatoms. The first-order valence-corrected chi connectivity index (χ1v) is 7.63. The molecule has 0 bridgehead atoms. The zero-order valence-corrected chi connectivity index (χ0v) is 12.6. The lowest BCUT2D eigenvalue weighted by Gasteiger charge is -2.37. The molecule has 6 nitrogen and oxygen atoms in total. The summed E-state index contributed by atoms with van der Waals surface area (Å²) in [6, 6.07) is 8.54. The van der Waals surface area contributed by atoms with Gasteiger partial charge in [-0.15, -0.1) is 0 Å². The minimum absolute atomic E-state index is 0.138. The smallest absolute Gasteiger partial charge is 0.270 e. The van der Waals surface area contributed by atoms with E-state index in [9.17, 15) is 15.0 Å². The second kappa shape index (κ2) is 6.85. The number of hydrogen-bond acceptors (Lipinski definition) is 5. The first-order chi connectivity index (χ1) is 11.2. The largest absolute Gasteiger partial charge is 0.393 e. The van der Waals surface area contributed by atoms with Gasteiger partial charge in [-0.25, -0.2) is 0 Å². The van der Waals surface area contributed by atoms with E-state index in [1.165, 1.54) is 6.20 Å². The fourth-order valence-corrected chi connectivity index (χ4v) is 2.81. The van der Waals surface area contributed by atoms with Gasteiger partial charge in [-0.05, 0) is 48.6 Å².